The monoisotopic (exact) mass is 578 g/mol. The average Bonchev–Trinajstić information content (AvgIpc) is 3.26. The Kier molecular flexibility index (Phi) is 8.08. The molecule has 0 spiro atoms. The zero-order valence-corrected chi connectivity index (χ0v) is 26.2. The smallest absolute Gasteiger partial charge is 0.377 e. The van der Waals surface area contributed by atoms with Crippen LogP contribution in [0.1, 0.15) is 112 Å². The second-order valence-electron chi connectivity index (χ2n) is 15.3. The topological polar surface area (TPSA) is 54.4 Å². The van der Waals surface area contributed by atoms with Crippen molar-refractivity contribution in [1.29, 1.82) is 0 Å². The predicted molar refractivity (Wildman–Crippen MR) is 157 cm³/mol. The molecule has 0 heterocycles. The van der Waals surface area contributed by atoms with Crippen LogP contribution in [0.25, 0.3) is 0 Å². The Hall–Kier alpha value is -1.01. The fraction of sp³-hybridized carbons (Fsp3) is 0.824. The number of sulfone groups is 1. The first-order chi connectivity index (χ1) is 18.7. The lowest BCUT2D eigenvalue weighted by Crippen LogP contribution is -2.61. The second-order valence-corrected chi connectivity index (χ2v) is 17.2. The fourth-order valence-corrected chi connectivity index (χ4v) is 12.0. The van der Waals surface area contributed by atoms with Crippen molar-refractivity contribution in [2.45, 2.75) is 127 Å². The van der Waals surface area contributed by atoms with Gasteiger partial charge in [0.1, 0.15) is 5.60 Å². The predicted octanol–water partition coefficient (Wildman–Crippen LogP) is 8.91. The Balaban J connectivity index is 1.32. The van der Waals surface area contributed by atoms with Gasteiger partial charge in [-0.15, -0.1) is 0 Å². The van der Waals surface area contributed by atoms with Crippen LogP contribution in [0.2, 0.25) is 0 Å². The van der Waals surface area contributed by atoms with Gasteiger partial charge in [0.05, 0.1) is 4.90 Å². The largest absolute Gasteiger partial charge is 0.382 e. The standard InChI is InChI=1S/C34H52F2O3S/c1-23(2)10-9-11-24(3)28-16-17-29-27-15-14-25-22-33(37,21-20-31(25,4)30(27)18-19-32(28,29)5)34(35,36)40(38,39)26-12-7-6-8-13-26/h6-8,12-13,23-25,27-30,37H,9-11,14-22H2,1-5H3/t24-,25+,27+,28-,29+,30+,31+,32-,33?/m1/s1. The first kappa shape index (κ1) is 30.4. The molecule has 3 nitrogen and oxygen atoms in total. The van der Waals surface area contributed by atoms with E-state index in [-0.39, 0.29) is 24.2 Å². The van der Waals surface area contributed by atoms with Crippen molar-refractivity contribution >= 4 is 9.84 Å². The molecule has 40 heavy (non-hydrogen) atoms. The Morgan fingerprint density at radius 3 is 2.25 bits per heavy atom. The number of rotatable bonds is 8. The molecule has 4 aliphatic rings. The molecule has 0 aromatic heterocycles. The van der Waals surface area contributed by atoms with Gasteiger partial charge in [-0.1, -0.05) is 72.1 Å². The number of fused-ring (bicyclic) bond motifs is 5. The van der Waals surface area contributed by atoms with Crippen molar-refractivity contribution in [1.82, 2.24) is 0 Å². The van der Waals surface area contributed by atoms with Gasteiger partial charge in [-0.3, -0.25) is 0 Å². The van der Waals surface area contributed by atoms with Gasteiger partial charge in [0.15, 0.2) is 0 Å². The van der Waals surface area contributed by atoms with Gasteiger partial charge in [-0.2, -0.15) is 8.78 Å². The van der Waals surface area contributed by atoms with Crippen LogP contribution in [0.15, 0.2) is 35.2 Å². The SMILES string of the molecule is CC(C)CCC[C@@H](C)[C@H]1CC[C@H]2[C@@H]3CC[C@H]4CC(O)(C(F)(F)S(=O)(=O)c5ccccc5)CC[C@]4(C)[C@H]3CC[C@]12C. The number of hydrogen-bond acceptors (Lipinski definition) is 3. The number of aliphatic hydroxyl groups is 1. The molecule has 0 radical (unpaired) electrons. The maximum atomic E-state index is 15.8. The second kappa shape index (κ2) is 10.6. The first-order valence-electron chi connectivity index (χ1n) is 16.1. The van der Waals surface area contributed by atoms with Crippen LogP contribution in [0.3, 0.4) is 0 Å². The quantitative estimate of drug-likeness (QED) is 0.335. The van der Waals surface area contributed by atoms with E-state index in [0.29, 0.717) is 29.6 Å². The lowest BCUT2D eigenvalue weighted by Gasteiger charge is -2.62. The van der Waals surface area contributed by atoms with Crippen molar-refractivity contribution in [2.75, 3.05) is 0 Å². The minimum atomic E-state index is -5.01. The third-order valence-corrected chi connectivity index (χ3v) is 14.8. The average molecular weight is 579 g/mol. The van der Waals surface area contributed by atoms with Crippen LogP contribution in [0, 0.1) is 52.3 Å². The molecule has 4 fully saturated rings. The van der Waals surface area contributed by atoms with E-state index in [1.165, 1.54) is 62.8 Å². The molecule has 4 saturated carbocycles. The number of halogens is 2. The van der Waals surface area contributed by atoms with E-state index in [1.807, 2.05) is 0 Å². The molecule has 1 N–H and O–H groups in total. The van der Waals surface area contributed by atoms with E-state index in [4.69, 9.17) is 0 Å². The molecule has 0 bridgehead atoms. The molecular formula is C34H52F2O3S. The summed E-state index contributed by atoms with van der Waals surface area (Å²) in [5.74, 6) is 3.99. The van der Waals surface area contributed by atoms with Gasteiger partial charge in [-0.05, 0) is 122 Å². The van der Waals surface area contributed by atoms with E-state index in [1.54, 1.807) is 6.07 Å². The Morgan fingerprint density at radius 1 is 0.900 bits per heavy atom. The van der Waals surface area contributed by atoms with E-state index in [2.05, 4.69) is 34.6 Å². The summed E-state index contributed by atoms with van der Waals surface area (Å²) in [5.41, 5.74) is -2.29. The van der Waals surface area contributed by atoms with Gasteiger partial charge >= 0.3 is 5.25 Å². The normalized spacial score (nSPS) is 40.8. The van der Waals surface area contributed by atoms with Crippen molar-refractivity contribution in [3.05, 3.63) is 30.3 Å². The molecule has 4 aliphatic carbocycles. The molecule has 0 amide bonds. The summed E-state index contributed by atoms with van der Waals surface area (Å²) in [7, 11) is -5.01. The zero-order chi connectivity index (χ0) is 29.1. The summed E-state index contributed by atoms with van der Waals surface area (Å²) in [6.07, 6.45) is 10.9. The third kappa shape index (κ3) is 4.70. The van der Waals surface area contributed by atoms with Crippen molar-refractivity contribution in [2.24, 2.45) is 52.3 Å². The third-order valence-electron chi connectivity index (χ3n) is 12.9. The van der Waals surface area contributed by atoms with Gasteiger partial charge in [0.2, 0.25) is 9.84 Å². The molecule has 9 atom stereocenters. The number of hydrogen-bond donors (Lipinski definition) is 1. The van der Waals surface area contributed by atoms with Crippen LogP contribution in [0.4, 0.5) is 8.78 Å². The Bertz CT molecular complexity index is 1150. The van der Waals surface area contributed by atoms with Crippen LogP contribution in [-0.4, -0.2) is 24.4 Å². The van der Waals surface area contributed by atoms with Crippen LogP contribution in [-0.2, 0) is 9.84 Å². The zero-order valence-electron chi connectivity index (χ0n) is 25.3. The highest BCUT2D eigenvalue weighted by Gasteiger charge is 2.68. The van der Waals surface area contributed by atoms with Crippen molar-refractivity contribution < 1.29 is 22.3 Å². The molecule has 6 heteroatoms. The van der Waals surface area contributed by atoms with Crippen LogP contribution >= 0.6 is 0 Å². The molecule has 0 saturated heterocycles. The highest BCUT2D eigenvalue weighted by atomic mass is 32.2. The van der Waals surface area contributed by atoms with Crippen molar-refractivity contribution in [3.8, 4) is 0 Å². The highest BCUT2D eigenvalue weighted by molar-refractivity contribution is 7.92. The molecule has 0 aliphatic heterocycles. The lowest BCUT2D eigenvalue weighted by molar-refractivity contribution is -0.201. The lowest BCUT2D eigenvalue weighted by atomic mass is 9.43. The van der Waals surface area contributed by atoms with E-state index in [0.717, 1.165) is 37.0 Å². The van der Waals surface area contributed by atoms with Crippen LogP contribution in [0.5, 0.6) is 0 Å². The molecule has 1 aromatic carbocycles. The fourth-order valence-electron chi connectivity index (χ4n) is 10.5. The summed E-state index contributed by atoms with van der Waals surface area (Å²) in [6, 6.07) is 6.89. The van der Waals surface area contributed by atoms with Gasteiger partial charge < -0.3 is 5.11 Å². The van der Waals surface area contributed by atoms with Gasteiger partial charge in [-0.25, -0.2) is 8.42 Å². The summed E-state index contributed by atoms with van der Waals surface area (Å²) in [6.45, 7) is 11.9. The minimum Gasteiger partial charge on any atom is -0.382 e. The summed E-state index contributed by atoms with van der Waals surface area (Å²) in [4.78, 5) is -0.425. The summed E-state index contributed by atoms with van der Waals surface area (Å²) >= 11 is 0. The molecule has 1 aromatic rings. The number of benzene rings is 1. The molecule has 5 rings (SSSR count). The first-order valence-corrected chi connectivity index (χ1v) is 17.6. The summed E-state index contributed by atoms with van der Waals surface area (Å²) in [5, 5.41) is 7.18. The van der Waals surface area contributed by atoms with Crippen LogP contribution < -0.4 is 0 Å². The van der Waals surface area contributed by atoms with Gasteiger partial charge in [0.25, 0.3) is 0 Å². The maximum absolute atomic E-state index is 15.8. The number of alkyl halides is 2. The molecule has 1 unspecified atom stereocenters. The van der Waals surface area contributed by atoms with E-state index in [9.17, 15) is 13.5 Å². The van der Waals surface area contributed by atoms with E-state index >= 15 is 8.78 Å². The molecule has 226 valence electrons. The minimum absolute atomic E-state index is 0.0825. The van der Waals surface area contributed by atoms with E-state index < -0.39 is 25.6 Å². The van der Waals surface area contributed by atoms with Gasteiger partial charge in [0, 0.05) is 0 Å². The summed E-state index contributed by atoms with van der Waals surface area (Å²) < 4.78 is 57.7. The highest BCUT2D eigenvalue weighted by Crippen LogP contribution is 2.69. The van der Waals surface area contributed by atoms with Crippen molar-refractivity contribution in [3.63, 3.8) is 0 Å². The molecular weight excluding hydrogens is 526 g/mol. The Morgan fingerprint density at radius 2 is 1.57 bits per heavy atom. The Labute approximate surface area is 241 Å². The maximum Gasteiger partial charge on any atom is 0.377 e.